The number of hydrogen-bond donors (Lipinski definition) is 2. The highest BCUT2D eigenvalue weighted by Crippen LogP contribution is 2.46. The van der Waals surface area contributed by atoms with E-state index in [1.165, 1.54) is 5.56 Å². The van der Waals surface area contributed by atoms with E-state index in [0.717, 1.165) is 33.9 Å². The lowest BCUT2D eigenvalue weighted by molar-refractivity contribution is 1.07. The van der Waals surface area contributed by atoms with Crippen molar-refractivity contribution in [1.82, 2.24) is 19.9 Å². The van der Waals surface area contributed by atoms with Crippen molar-refractivity contribution in [2.24, 2.45) is 5.10 Å². The van der Waals surface area contributed by atoms with Crippen molar-refractivity contribution in [3.63, 3.8) is 0 Å². The standard InChI is InChI=1S/C24H20I3N7/c1-15-8-17(12-28-11-15)22-9-16(2)31-23(33-22)34-30-14-20-6-7-21(13-29-20)32-19-5-3-4-18(10-19)24(25,26)27/h3-14,32H,1-2H3,(H,31,33,34)/b30-14+. The van der Waals surface area contributed by atoms with Crippen LogP contribution in [-0.4, -0.2) is 26.2 Å². The fraction of sp³-hybridized carbons (Fsp3) is 0.125. The molecule has 3 heterocycles. The van der Waals surface area contributed by atoms with Crippen molar-refractivity contribution in [2.75, 3.05) is 10.7 Å². The summed E-state index contributed by atoms with van der Waals surface area (Å²) in [5.74, 6) is 0.419. The normalized spacial score (nSPS) is 11.6. The minimum absolute atomic E-state index is 0.00917. The molecule has 7 nitrogen and oxygen atoms in total. The number of halogens is 3. The molecule has 0 amide bonds. The molecule has 0 radical (unpaired) electrons. The van der Waals surface area contributed by atoms with Gasteiger partial charge in [0.2, 0.25) is 5.95 Å². The smallest absolute Gasteiger partial charge is 0.244 e. The summed E-state index contributed by atoms with van der Waals surface area (Å²) >= 11 is 7.26. The highest BCUT2D eigenvalue weighted by Gasteiger charge is 2.20. The maximum atomic E-state index is 4.55. The number of anilines is 3. The quantitative estimate of drug-likeness (QED) is 0.0896. The number of pyridine rings is 2. The summed E-state index contributed by atoms with van der Waals surface area (Å²) in [5, 5.41) is 7.66. The highest BCUT2D eigenvalue weighted by molar-refractivity contribution is 14.3. The molecule has 0 bridgehead atoms. The Morgan fingerprint density at radius 1 is 0.912 bits per heavy atom. The lowest BCUT2D eigenvalue weighted by atomic mass is 10.1. The Hall–Kier alpha value is -1.94. The van der Waals surface area contributed by atoms with E-state index in [1.807, 2.05) is 50.4 Å². The number of aromatic nitrogens is 4. The minimum Gasteiger partial charge on any atom is -0.354 e. The number of nitrogens with zero attached hydrogens (tertiary/aromatic N) is 5. The van der Waals surface area contributed by atoms with Crippen LogP contribution >= 0.6 is 67.8 Å². The number of hydrogen-bond acceptors (Lipinski definition) is 7. The maximum Gasteiger partial charge on any atom is 0.244 e. The number of aryl methyl sites for hydroxylation is 2. The zero-order chi connectivity index (χ0) is 24.1. The Morgan fingerprint density at radius 3 is 2.50 bits per heavy atom. The van der Waals surface area contributed by atoms with Crippen LogP contribution in [0, 0.1) is 13.8 Å². The molecule has 34 heavy (non-hydrogen) atoms. The number of alkyl halides is 3. The second-order valence-electron chi connectivity index (χ2n) is 7.51. The van der Waals surface area contributed by atoms with Crippen LogP contribution in [0.4, 0.5) is 17.3 Å². The number of nitrogens with one attached hydrogen (secondary N) is 2. The Morgan fingerprint density at radius 2 is 1.76 bits per heavy atom. The van der Waals surface area contributed by atoms with Crippen LogP contribution in [0.2, 0.25) is 0 Å². The lowest BCUT2D eigenvalue weighted by Gasteiger charge is -2.14. The van der Waals surface area contributed by atoms with E-state index in [1.54, 1.807) is 18.6 Å². The van der Waals surface area contributed by atoms with E-state index in [0.29, 0.717) is 11.6 Å². The molecule has 4 rings (SSSR count). The number of hydrazone groups is 1. The molecule has 0 aliphatic carbocycles. The molecule has 0 fully saturated rings. The van der Waals surface area contributed by atoms with Gasteiger partial charge in [-0.3, -0.25) is 9.97 Å². The van der Waals surface area contributed by atoms with Crippen LogP contribution in [-0.2, 0) is -0.565 Å². The molecule has 0 saturated heterocycles. The molecule has 0 aliphatic heterocycles. The fourth-order valence-corrected chi connectivity index (χ4v) is 4.12. The van der Waals surface area contributed by atoms with Gasteiger partial charge in [-0.25, -0.2) is 15.4 Å². The van der Waals surface area contributed by atoms with Crippen LogP contribution < -0.4 is 10.7 Å². The molecule has 4 aromatic rings. The second kappa shape index (κ2) is 11.2. The van der Waals surface area contributed by atoms with Gasteiger partial charge in [-0.1, -0.05) is 12.1 Å². The molecule has 3 aromatic heterocycles. The van der Waals surface area contributed by atoms with Crippen molar-refractivity contribution in [3.05, 3.63) is 89.6 Å². The van der Waals surface area contributed by atoms with Gasteiger partial charge >= 0.3 is 0 Å². The van der Waals surface area contributed by atoms with E-state index < -0.39 is 0 Å². The van der Waals surface area contributed by atoms with Gasteiger partial charge in [0, 0.05) is 29.3 Å². The largest absolute Gasteiger partial charge is 0.354 e. The Balaban J connectivity index is 1.41. The van der Waals surface area contributed by atoms with Gasteiger partial charge in [0.1, 0.15) is -0.565 Å². The Kier molecular flexibility index (Phi) is 8.29. The van der Waals surface area contributed by atoms with E-state index in [2.05, 4.69) is 122 Å². The predicted octanol–water partition coefficient (Wildman–Crippen LogP) is 7.16. The summed E-state index contributed by atoms with van der Waals surface area (Å²) in [6.07, 6.45) is 7.03. The molecular weight excluding hydrogens is 767 g/mol. The van der Waals surface area contributed by atoms with Gasteiger partial charge in [0.05, 0.1) is 29.5 Å². The first-order valence-corrected chi connectivity index (χ1v) is 13.5. The fourth-order valence-electron chi connectivity index (χ4n) is 3.11. The maximum absolute atomic E-state index is 4.55. The van der Waals surface area contributed by atoms with Crippen molar-refractivity contribution in [2.45, 2.75) is 13.3 Å². The summed E-state index contributed by atoms with van der Waals surface area (Å²) in [7, 11) is 0. The molecule has 2 N–H and O–H groups in total. The SMILES string of the molecule is Cc1cncc(-c2cc(C)nc(N/N=C/c3ccc(Nc4cccc(C(I)(I)I)c4)cn3)n2)c1. The molecule has 0 aliphatic rings. The van der Waals surface area contributed by atoms with Crippen LogP contribution in [0.3, 0.4) is 0 Å². The first kappa shape index (κ1) is 25.2. The first-order chi connectivity index (χ1) is 16.3. The third-order valence-corrected chi connectivity index (χ3v) is 6.52. The molecule has 0 saturated carbocycles. The van der Waals surface area contributed by atoms with Gasteiger partial charge in [-0.15, -0.1) is 0 Å². The summed E-state index contributed by atoms with van der Waals surface area (Å²) in [6.45, 7) is 3.93. The van der Waals surface area contributed by atoms with Gasteiger partial charge in [-0.05, 0) is 129 Å². The van der Waals surface area contributed by atoms with Crippen molar-refractivity contribution in [1.29, 1.82) is 0 Å². The molecule has 172 valence electrons. The predicted molar refractivity (Wildman–Crippen MR) is 164 cm³/mol. The topological polar surface area (TPSA) is 88.0 Å². The molecule has 0 atom stereocenters. The summed E-state index contributed by atoms with van der Waals surface area (Å²) in [6, 6.07) is 16.2. The van der Waals surface area contributed by atoms with E-state index in [-0.39, 0.29) is -0.565 Å². The zero-order valence-corrected chi connectivity index (χ0v) is 24.8. The van der Waals surface area contributed by atoms with Crippen LogP contribution in [0.1, 0.15) is 22.5 Å². The number of rotatable bonds is 7. The number of benzene rings is 1. The zero-order valence-electron chi connectivity index (χ0n) is 18.3. The van der Waals surface area contributed by atoms with E-state index in [4.69, 9.17) is 0 Å². The van der Waals surface area contributed by atoms with Gasteiger partial charge in [-0.2, -0.15) is 5.10 Å². The summed E-state index contributed by atoms with van der Waals surface area (Å²) in [4.78, 5) is 17.7. The van der Waals surface area contributed by atoms with Gasteiger partial charge in [0.15, 0.2) is 0 Å². The van der Waals surface area contributed by atoms with E-state index >= 15 is 0 Å². The van der Waals surface area contributed by atoms with Crippen molar-refractivity contribution >= 4 is 91.3 Å². The van der Waals surface area contributed by atoms with Crippen molar-refractivity contribution in [3.8, 4) is 11.3 Å². The second-order valence-corrected chi connectivity index (χ2v) is 18.6. The Labute approximate surface area is 239 Å². The van der Waals surface area contributed by atoms with Gasteiger partial charge in [0.25, 0.3) is 0 Å². The summed E-state index contributed by atoms with van der Waals surface area (Å²) < 4.78 is 0.00917. The summed E-state index contributed by atoms with van der Waals surface area (Å²) in [5.41, 5.74) is 10.4. The monoisotopic (exact) mass is 787 g/mol. The van der Waals surface area contributed by atoms with Gasteiger partial charge < -0.3 is 5.32 Å². The average Bonchev–Trinajstić information content (AvgIpc) is 2.80. The molecule has 1 aromatic carbocycles. The molecular formula is C24H20I3N7. The highest BCUT2D eigenvalue weighted by atomic mass is 127. The third kappa shape index (κ3) is 7.04. The molecule has 10 heteroatoms. The average molecular weight is 787 g/mol. The van der Waals surface area contributed by atoms with Crippen LogP contribution in [0.15, 0.2) is 72.2 Å². The Bertz CT molecular complexity index is 1320. The van der Waals surface area contributed by atoms with E-state index in [9.17, 15) is 0 Å². The third-order valence-electron chi connectivity index (χ3n) is 4.65. The van der Waals surface area contributed by atoms with Crippen molar-refractivity contribution < 1.29 is 0 Å². The molecule has 0 unspecified atom stereocenters. The molecule has 0 spiro atoms. The van der Waals surface area contributed by atoms with Crippen LogP contribution in [0.5, 0.6) is 0 Å². The lowest BCUT2D eigenvalue weighted by Crippen LogP contribution is -2.01. The minimum atomic E-state index is 0.00917. The first-order valence-electron chi connectivity index (χ1n) is 10.2. The van der Waals surface area contributed by atoms with Crippen LogP contribution in [0.25, 0.3) is 11.3 Å².